The number of rotatable bonds is 2. The van der Waals surface area contributed by atoms with Crippen molar-refractivity contribution in [1.82, 2.24) is 14.2 Å². The van der Waals surface area contributed by atoms with Gasteiger partial charge in [-0.1, -0.05) is 34.1 Å². The van der Waals surface area contributed by atoms with Crippen molar-refractivity contribution in [3.63, 3.8) is 0 Å². The van der Waals surface area contributed by atoms with Gasteiger partial charge in [0.1, 0.15) is 5.82 Å². The minimum Gasteiger partial charge on any atom is -0.284 e. The van der Waals surface area contributed by atoms with E-state index in [-0.39, 0.29) is 11.5 Å². The number of aromatic nitrogens is 3. The largest absolute Gasteiger partial charge is 0.284 e. The van der Waals surface area contributed by atoms with E-state index in [2.05, 4.69) is 26.0 Å². The van der Waals surface area contributed by atoms with Gasteiger partial charge in [0, 0.05) is 28.0 Å². The molecule has 0 saturated carbocycles. The normalized spacial score (nSPS) is 11.7. The molecule has 0 fully saturated rings. The van der Waals surface area contributed by atoms with Crippen molar-refractivity contribution in [2.24, 2.45) is 5.10 Å². The van der Waals surface area contributed by atoms with Crippen molar-refractivity contribution >= 4 is 49.9 Å². The summed E-state index contributed by atoms with van der Waals surface area (Å²) in [5.41, 5.74) is 2.78. The topological polar surface area (TPSA) is 69.2 Å². The number of carbonyl (C=O) groups is 1. The predicted octanol–water partition coefficient (Wildman–Crippen LogP) is 4.27. The Bertz CT molecular complexity index is 1350. The quantitative estimate of drug-likeness (QED) is 0.440. The van der Waals surface area contributed by atoms with E-state index in [4.69, 9.17) is 0 Å². The summed E-state index contributed by atoms with van der Waals surface area (Å²) in [5.74, 6) is 0.419. The third-order valence-electron chi connectivity index (χ3n) is 4.75. The van der Waals surface area contributed by atoms with Gasteiger partial charge in [-0.15, -0.1) is 0 Å². The Balaban J connectivity index is 1.93. The summed E-state index contributed by atoms with van der Waals surface area (Å²) < 4.78 is 3.74. The summed E-state index contributed by atoms with van der Waals surface area (Å²) >= 11 is 3.39. The minimum atomic E-state index is -0.243. The molecule has 6 nitrogen and oxygen atoms in total. The smallest absolute Gasteiger partial charge is 0.282 e. The highest BCUT2D eigenvalue weighted by molar-refractivity contribution is 9.10. The van der Waals surface area contributed by atoms with E-state index in [1.54, 1.807) is 29.8 Å². The average molecular weight is 437 g/mol. The van der Waals surface area contributed by atoms with Crippen LogP contribution in [-0.2, 0) is 0 Å². The van der Waals surface area contributed by atoms with Gasteiger partial charge in [0.2, 0.25) is 5.91 Å². The van der Waals surface area contributed by atoms with E-state index in [0.29, 0.717) is 16.7 Å². The van der Waals surface area contributed by atoms with E-state index in [0.717, 1.165) is 26.6 Å². The van der Waals surface area contributed by atoms with Crippen LogP contribution in [0.25, 0.3) is 21.8 Å². The molecule has 0 spiro atoms. The molecule has 0 aliphatic heterocycles. The maximum absolute atomic E-state index is 12.9. The molecular weight excluding hydrogens is 420 g/mol. The maximum atomic E-state index is 12.9. The Kier molecular flexibility index (Phi) is 4.47. The van der Waals surface area contributed by atoms with Crippen LogP contribution in [0.1, 0.15) is 28.8 Å². The van der Waals surface area contributed by atoms with Crippen LogP contribution in [0, 0.1) is 13.8 Å². The third kappa shape index (κ3) is 2.88. The van der Waals surface area contributed by atoms with Crippen LogP contribution in [0.3, 0.4) is 0 Å². The zero-order chi connectivity index (χ0) is 20.0. The van der Waals surface area contributed by atoms with E-state index < -0.39 is 0 Å². The number of para-hydroxylation sites is 1. The van der Waals surface area contributed by atoms with Crippen LogP contribution in [0.2, 0.25) is 0 Å². The second-order valence-corrected chi connectivity index (χ2v) is 7.47. The van der Waals surface area contributed by atoms with Gasteiger partial charge in [-0.3, -0.25) is 14.2 Å². The van der Waals surface area contributed by atoms with Crippen LogP contribution in [0.5, 0.6) is 0 Å². The average Bonchev–Trinajstić information content (AvgIpc) is 2.94. The summed E-state index contributed by atoms with van der Waals surface area (Å²) in [7, 11) is 0. The van der Waals surface area contributed by atoms with Gasteiger partial charge < -0.3 is 0 Å². The van der Waals surface area contributed by atoms with Crippen LogP contribution in [0.15, 0.2) is 56.8 Å². The second kappa shape index (κ2) is 6.83. The SMILES string of the molecule is CC(=O)n1c(C)c(C=Nn2c(C)nc3ccc(Br)cc3c2=O)c2ccccc21. The van der Waals surface area contributed by atoms with Gasteiger partial charge in [0.05, 0.1) is 22.6 Å². The molecule has 0 unspecified atom stereocenters. The number of halogens is 1. The first-order valence-corrected chi connectivity index (χ1v) is 9.52. The number of nitrogens with zero attached hydrogens (tertiary/aromatic N) is 4. The van der Waals surface area contributed by atoms with Gasteiger partial charge in [-0.2, -0.15) is 9.78 Å². The van der Waals surface area contributed by atoms with Crippen molar-refractivity contribution in [2.45, 2.75) is 20.8 Å². The molecule has 2 aromatic heterocycles. The monoisotopic (exact) mass is 436 g/mol. The van der Waals surface area contributed by atoms with E-state index in [1.807, 2.05) is 37.3 Å². The fraction of sp³-hybridized carbons (Fsp3) is 0.143. The molecule has 0 radical (unpaired) electrons. The Hall–Kier alpha value is -3.06. The number of benzene rings is 2. The van der Waals surface area contributed by atoms with Crippen LogP contribution >= 0.6 is 15.9 Å². The first-order valence-electron chi connectivity index (χ1n) is 8.72. The Morgan fingerprint density at radius 1 is 1.14 bits per heavy atom. The molecule has 4 rings (SSSR count). The van der Waals surface area contributed by atoms with E-state index >= 15 is 0 Å². The second-order valence-electron chi connectivity index (χ2n) is 6.55. The summed E-state index contributed by atoms with van der Waals surface area (Å²) in [6.07, 6.45) is 1.62. The highest BCUT2D eigenvalue weighted by Crippen LogP contribution is 2.24. The Morgan fingerprint density at radius 2 is 1.89 bits per heavy atom. The Labute approximate surface area is 169 Å². The number of hydrogen-bond donors (Lipinski definition) is 0. The van der Waals surface area contributed by atoms with Gasteiger partial charge in [-0.05, 0) is 38.1 Å². The molecule has 2 heterocycles. The highest BCUT2D eigenvalue weighted by atomic mass is 79.9. The van der Waals surface area contributed by atoms with Crippen LogP contribution in [-0.4, -0.2) is 26.3 Å². The number of aryl methyl sites for hydroxylation is 1. The maximum Gasteiger partial charge on any atom is 0.282 e. The summed E-state index contributed by atoms with van der Waals surface area (Å²) in [4.78, 5) is 29.5. The zero-order valence-corrected chi connectivity index (χ0v) is 17.2. The molecule has 0 atom stereocenters. The van der Waals surface area contributed by atoms with Crippen molar-refractivity contribution in [1.29, 1.82) is 0 Å². The van der Waals surface area contributed by atoms with Crippen LogP contribution in [0.4, 0.5) is 0 Å². The van der Waals surface area contributed by atoms with Crippen molar-refractivity contribution < 1.29 is 4.79 Å². The zero-order valence-electron chi connectivity index (χ0n) is 15.6. The number of hydrogen-bond acceptors (Lipinski definition) is 4. The van der Waals surface area contributed by atoms with E-state index in [9.17, 15) is 9.59 Å². The summed E-state index contributed by atoms with van der Waals surface area (Å²) in [6.45, 7) is 5.14. The molecule has 0 bridgehead atoms. The molecule has 0 aliphatic carbocycles. The van der Waals surface area contributed by atoms with Gasteiger partial charge in [-0.25, -0.2) is 4.98 Å². The lowest BCUT2D eigenvalue weighted by molar-refractivity contribution is 0.0939. The summed E-state index contributed by atoms with van der Waals surface area (Å²) in [6, 6.07) is 13.0. The molecule has 0 N–H and O–H groups in total. The Morgan fingerprint density at radius 3 is 2.64 bits per heavy atom. The van der Waals surface area contributed by atoms with Crippen LogP contribution < -0.4 is 5.56 Å². The molecular formula is C21H17BrN4O2. The number of fused-ring (bicyclic) bond motifs is 2. The van der Waals surface area contributed by atoms with Crippen molar-refractivity contribution in [3.8, 4) is 0 Å². The first-order chi connectivity index (χ1) is 13.4. The highest BCUT2D eigenvalue weighted by Gasteiger charge is 2.15. The first kappa shape index (κ1) is 18.3. The van der Waals surface area contributed by atoms with E-state index in [1.165, 1.54) is 11.6 Å². The molecule has 28 heavy (non-hydrogen) atoms. The van der Waals surface area contributed by atoms with Gasteiger partial charge >= 0.3 is 0 Å². The lowest BCUT2D eigenvalue weighted by Gasteiger charge is -2.06. The molecule has 0 saturated heterocycles. The molecule has 140 valence electrons. The molecule has 2 aromatic carbocycles. The molecule has 0 amide bonds. The fourth-order valence-corrected chi connectivity index (χ4v) is 3.83. The third-order valence-corrected chi connectivity index (χ3v) is 5.24. The molecule has 7 heteroatoms. The van der Waals surface area contributed by atoms with Gasteiger partial charge in [0.15, 0.2) is 0 Å². The fourth-order valence-electron chi connectivity index (χ4n) is 3.47. The number of carbonyl (C=O) groups excluding carboxylic acids is 1. The van der Waals surface area contributed by atoms with Gasteiger partial charge in [0.25, 0.3) is 5.56 Å². The van der Waals surface area contributed by atoms with Crippen molar-refractivity contribution in [2.75, 3.05) is 0 Å². The lowest BCUT2D eigenvalue weighted by Crippen LogP contribution is -2.20. The predicted molar refractivity (Wildman–Crippen MR) is 114 cm³/mol. The molecule has 4 aromatic rings. The minimum absolute atomic E-state index is 0.0704. The van der Waals surface area contributed by atoms with Crippen molar-refractivity contribution in [3.05, 3.63) is 74.4 Å². The standard InChI is InChI=1S/C21H17BrN4O2/c1-12-18(16-6-4-5-7-20(16)25(12)14(3)27)11-23-26-13(2)24-19-9-8-15(22)10-17(19)21(26)28/h4-11H,1-3H3. The molecule has 0 aliphatic rings. The lowest BCUT2D eigenvalue weighted by atomic mass is 10.1. The summed E-state index contributed by atoms with van der Waals surface area (Å²) in [5, 5.41) is 5.81.